The molecule has 1 atom stereocenters. The first kappa shape index (κ1) is 21.4. The van der Waals surface area contributed by atoms with Crippen LogP contribution in [0.5, 0.6) is 11.5 Å². The van der Waals surface area contributed by atoms with Crippen LogP contribution in [0.1, 0.15) is 17.2 Å². The maximum absolute atomic E-state index is 13.9. The highest BCUT2D eigenvalue weighted by molar-refractivity contribution is 6.51. The van der Waals surface area contributed by atoms with Crippen molar-refractivity contribution in [1.29, 1.82) is 0 Å². The van der Waals surface area contributed by atoms with Crippen LogP contribution in [0, 0.1) is 5.82 Å². The first-order valence-electron chi connectivity index (χ1n) is 9.51. The molecule has 162 valence electrons. The summed E-state index contributed by atoms with van der Waals surface area (Å²) < 4.78 is 19.0. The number of ether oxygens (including phenoxy) is 1. The lowest BCUT2D eigenvalue weighted by molar-refractivity contribution is -0.132. The van der Waals surface area contributed by atoms with Gasteiger partial charge in [0.1, 0.15) is 23.1 Å². The van der Waals surface area contributed by atoms with E-state index in [-0.39, 0.29) is 27.6 Å². The van der Waals surface area contributed by atoms with Gasteiger partial charge in [0.2, 0.25) is 0 Å². The Balaban J connectivity index is 1.95. The lowest BCUT2D eigenvalue weighted by atomic mass is 9.95. The fourth-order valence-corrected chi connectivity index (χ4v) is 3.96. The molecule has 3 aromatic carbocycles. The molecule has 32 heavy (non-hydrogen) atoms. The van der Waals surface area contributed by atoms with Crippen molar-refractivity contribution in [3.63, 3.8) is 0 Å². The van der Waals surface area contributed by atoms with E-state index in [2.05, 4.69) is 0 Å². The molecule has 1 aliphatic rings. The van der Waals surface area contributed by atoms with Gasteiger partial charge in [0, 0.05) is 11.3 Å². The van der Waals surface area contributed by atoms with Gasteiger partial charge in [-0.25, -0.2) is 4.39 Å². The number of Topliss-reactive ketones (excluding diaryl/α,β-unsaturated/α-hetero) is 1. The number of rotatable bonds is 4. The molecule has 0 bridgehead atoms. The van der Waals surface area contributed by atoms with Crippen LogP contribution < -0.4 is 9.64 Å². The third kappa shape index (κ3) is 3.67. The second-order valence-corrected chi connectivity index (χ2v) is 7.50. The van der Waals surface area contributed by atoms with Crippen molar-refractivity contribution in [1.82, 2.24) is 0 Å². The number of hydrogen-bond acceptors (Lipinski definition) is 5. The highest BCUT2D eigenvalue weighted by Gasteiger charge is 2.47. The summed E-state index contributed by atoms with van der Waals surface area (Å²) in [6, 6.07) is 14.5. The summed E-state index contributed by atoms with van der Waals surface area (Å²) in [6.07, 6.45) is 0. The highest BCUT2D eigenvalue weighted by Crippen LogP contribution is 2.43. The number of phenolic OH excluding ortho intramolecular Hbond substituents is 1. The van der Waals surface area contributed by atoms with Gasteiger partial charge in [-0.1, -0.05) is 29.8 Å². The number of aliphatic hydroxyl groups is 1. The van der Waals surface area contributed by atoms with Gasteiger partial charge in [-0.05, 0) is 54.1 Å². The molecule has 1 unspecified atom stereocenters. The quantitative estimate of drug-likeness (QED) is 0.336. The van der Waals surface area contributed by atoms with Crippen LogP contribution in [-0.4, -0.2) is 29.0 Å². The van der Waals surface area contributed by atoms with E-state index in [1.807, 2.05) is 0 Å². The summed E-state index contributed by atoms with van der Waals surface area (Å²) in [5.74, 6) is -2.67. The number of ketones is 1. The van der Waals surface area contributed by atoms with Crippen LogP contribution in [0.25, 0.3) is 5.76 Å². The maximum atomic E-state index is 13.9. The fourth-order valence-electron chi connectivity index (χ4n) is 3.70. The topological polar surface area (TPSA) is 87.1 Å². The minimum atomic E-state index is -1.11. The highest BCUT2D eigenvalue weighted by atomic mass is 35.5. The van der Waals surface area contributed by atoms with E-state index < -0.39 is 29.3 Å². The smallest absolute Gasteiger partial charge is 0.300 e. The van der Waals surface area contributed by atoms with Crippen molar-refractivity contribution < 1.29 is 28.9 Å². The lowest BCUT2D eigenvalue weighted by Crippen LogP contribution is -2.29. The zero-order valence-electron chi connectivity index (χ0n) is 16.8. The van der Waals surface area contributed by atoms with Crippen molar-refractivity contribution in [3.8, 4) is 11.5 Å². The molecular weight excluding hydrogens is 437 g/mol. The van der Waals surface area contributed by atoms with Crippen molar-refractivity contribution in [2.24, 2.45) is 0 Å². The fraction of sp³-hybridized carbons (Fsp3) is 0.0833. The minimum absolute atomic E-state index is 0.0974. The molecule has 3 aromatic rings. The maximum Gasteiger partial charge on any atom is 0.300 e. The Hall–Kier alpha value is -3.84. The Morgan fingerprint density at radius 2 is 1.81 bits per heavy atom. The van der Waals surface area contributed by atoms with Gasteiger partial charge in [0.05, 0.1) is 23.7 Å². The van der Waals surface area contributed by atoms with Gasteiger partial charge in [-0.2, -0.15) is 0 Å². The zero-order chi connectivity index (χ0) is 23.0. The molecule has 0 spiro atoms. The number of carbonyl (C=O) groups excluding carboxylic acids is 2. The summed E-state index contributed by atoms with van der Waals surface area (Å²) in [6.45, 7) is 0. The van der Waals surface area contributed by atoms with Gasteiger partial charge >= 0.3 is 0 Å². The zero-order valence-corrected chi connectivity index (χ0v) is 17.5. The largest absolute Gasteiger partial charge is 0.508 e. The van der Waals surface area contributed by atoms with E-state index in [4.69, 9.17) is 16.3 Å². The molecule has 1 aliphatic heterocycles. The van der Waals surface area contributed by atoms with Crippen molar-refractivity contribution in [2.75, 3.05) is 12.0 Å². The molecule has 1 saturated heterocycles. The minimum Gasteiger partial charge on any atom is -0.508 e. The summed E-state index contributed by atoms with van der Waals surface area (Å²) in [5, 5.41) is 21.2. The van der Waals surface area contributed by atoms with Gasteiger partial charge in [-0.15, -0.1) is 0 Å². The number of carbonyl (C=O) groups is 2. The molecule has 1 fully saturated rings. The number of hydrogen-bond donors (Lipinski definition) is 2. The van der Waals surface area contributed by atoms with Crippen LogP contribution in [0.2, 0.25) is 5.02 Å². The number of aromatic hydroxyl groups is 1. The Morgan fingerprint density at radius 3 is 2.47 bits per heavy atom. The van der Waals surface area contributed by atoms with E-state index in [1.165, 1.54) is 55.6 Å². The third-order valence-electron chi connectivity index (χ3n) is 5.14. The number of anilines is 1. The molecule has 4 rings (SSSR count). The normalized spacial score (nSPS) is 17.6. The lowest BCUT2D eigenvalue weighted by Gasteiger charge is -2.25. The monoisotopic (exact) mass is 453 g/mol. The Morgan fingerprint density at radius 1 is 1.06 bits per heavy atom. The van der Waals surface area contributed by atoms with Crippen molar-refractivity contribution >= 4 is 34.7 Å². The second kappa shape index (κ2) is 8.36. The van der Waals surface area contributed by atoms with E-state index >= 15 is 0 Å². The molecule has 1 amide bonds. The summed E-state index contributed by atoms with van der Waals surface area (Å²) >= 11 is 6.17. The van der Waals surface area contributed by atoms with Gasteiger partial charge in [0.25, 0.3) is 11.7 Å². The van der Waals surface area contributed by atoms with E-state index in [0.29, 0.717) is 11.3 Å². The Labute approximate surface area is 187 Å². The number of aliphatic hydroxyl groups excluding tert-OH is 1. The summed E-state index contributed by atoms with van der Waals surface area (Å²) in [4.78, 5) is 27.1. The van der Waals surface area contributed by atoms with Crippen molar-refractivity contribution in [3.05, 3.63) is 94.3 Å². The Kier molecular flexibility index (Phi) is 5.59. The standard InChI is InChI=1S/C24H17ClFNO5/c1-32-19-9-8-14(11-18(19)25)22(29)20-21(13-4-2-7-17(28)10-13)27(24(31)23(20)30)16-6-3-5-15(26)12-16/h2-12,21,28-29H,1H3/b22-20+. The predicted octanol–water partition coefficient (Wildman–Crippen LogP) is 4.82. The van der Waals surface area contributed by atoms with Gasteiger partial charge in [-0.3, -0.25) is 14.5 Å². The third-order valence-corrected chi connectivity index (χ3v) is 5.44. The molecule has 8 heteroatoms. The molecule has 1 heterocycles. The number of phenols is 1. The van der Waals surface area contributed by atoms with Crippen LogP contribution >= 0.6 is 11.6 Å². The predicted molar refractivity (Wildman–Crippen MR) is 117 cm³/mol. The molecule has 0 aromatic heterocycles. The second-order valence-electron chi connectivity index (χ2n) is 7.09. The first-order valence-corrected chi connectivity index (χ1v) is 9.89. The Bertz CT molecular complexity index is 1270. The van der Waals surface area contributed by atoms with Crippen LogP contribution in [0.4, 0.5) is 10.1 Å². The van der Waals surface area contributed by atoms with E-state index in [0.717, 1.165) is 11.0 Å². The molecular formula is C24H17ClFNO5. The van der Waals surface area contributed by atoms with E-state index in [1.54, 1.807) is 12.1 Å². The average molecular weight is 454 g/mol. The SMILES string of the molecule is COc1ccc(/C(O)=C2\C(=O)C(=O)N(c3cccc(F)c3)C2c2cccc(O)c2)cc1Cl. The molecule has 2 N–H and O–H groups in total. The van der Waals surface area contributed by atoms with Gasteiger partial charge < -0.3 is 14.9 Å². The number of benzene rings is 3. The summed E-state index contributed by atoms with van der Waals surface area (Å²) in [7, 11) is 1.44. The van der Waals surface area contributed by atoms with Crippen LogP contribution in [-0.2, 0) is 9.59 Å². The summed E-state index contributed by atoms with van der Waals surface area (Å²) in [5.41, 5.74) is 0.464. The van der Waals surface area contributed by atoms with Crippen molar-refractivity contribution in [2.45, 2.75) is 6.04 Å². The molecule has 6 nitrogen and oxygen atoms in total. The number of methoxy groups -OCH3 is 1. The number of amides is 1. The molecule has 0 radical (unpaired) electrons. The molecule has 0 saturated carbocycles. The van der Waals surface area contributed by atoms with Gasteiger partial charge in [0.15, 0.2) is 0 Å². The number of halogens is 2. The van der Waals surface area contributed by atoms with Crippen LogP contribution in [0.3, 0.4) is 0 Å². The van der Waals surface area contributed by atoms with Crippen LogP contribution in [0.15, 0.2) is 72.3 Å². The average Bonchev–Trinajstić information content (AvgIpc) is 3.04. The van der Waals surface area contributed by atoms with E-state index in [9.17, 15) is 24.2 Å². The molecule has 0 aliphatic carbocycles. The number of nitrogens with zero attached hydrogens (tertiary/aromatic N) is 1. The first-order chi connectivity index (χ1) is 15.3.